The average molecular weight is 257 g/mol. The summed E-state index contributed by atoms with van der Waals surface area (Å²) in [5, 5.41) is 3.41. The third-order valence-corrected chi connectivity index (χ3v) is 3.16. The summed E-state index contributed by atoms with van der Waals surface area (Å²) >= 11 is 0. The molecule has 1 N–H and O–H groups in total. The van der Waals surface area contributed by atoms with Gasteiger partial charge in [0.05, 0.1) is 0 Å². The summed E-state index contributed by atoms with van der Waals surface area (Å²) in [5.41, 5.74) is 4.71. The minimum absolute atomic E-state index is 0.195. The maximum absolute atomic E-state index is 12.9. The van der Waals surface area contributed by atoms with Crippen molar-refractivity contribution in [2.75, 3.05) is 0 Å². The predicted molar refractivity (Wildman–Crippen MR) is 78.5 cm³/mol. The van der Waals surface area contributed by atoms with Crippen LogP contribution in [0.5, 0.6) is 0 Å². The fourth-order valence-corrected chi connectivity index (χ4v) is 2.11. The van der Waals surface area contributed by atoms with Gasteiger partial charge < -0.3 is 5.32 Å². The van der Waals surface area contributed by atoms with Gasteiger partial charge in [-0.05, 0) is 41.3 Å². The molecule has 2 aromatic rings. The van der Waals surface area contributed by atoms with Gasteiger partial charge in [-0.15, -0.1) is 0 Å². The van der Waals surface area contributed by atoms with Crippen LogP contribution in [-0.2, 0) is 6.54 Å². The normalized spacial score (nSPS) is 11.0. The van der Waals surface area contributed by atoms with Gasteiger partial charge in [-0.1, -0.05) is 44.2 Å². The largest absolute Gasteiger partial charge is 0.310 e. The predicted octanol–water partition coefficient (Wildman–Crippen LogP) is 4.30. The number of halogens is 1. The van der Waals surface area contributed by atoms with Crippen molar-refractivity contribution in [2.24, 2.45) is 0 Å². The lowest BCUT2D eigenvalue weighted by Gasteiger charge is -2.11. The molecule has 0 aromatic heterocycles. The summed E-state index contributed by atoms with van der Waals surface area (Å²) in [4.78, 5) is 0. The van der Waals surface area contributed by atoms with Crippen molar-refractivity contribution in [1.29, 1.82) is 0 Å². The minimum atomic E-state index is -0.195. The lowest BCUT2D eigenvalue weighted by molar-refractivity contribution is 0.589. The molecule has 0 amide bonds. The molecule has 0 aliphatic carbocycles. The lowest BCUT2D eigenvalue weighted by atomic mass is 9.98. The summed E-state index contributed by atoms with van der Waals surface area (Å²) in [6, 6.07) is 13.6. The SMILES string of the molecule is Cc1cc(CNC(C)C)ccc1-c1ccc(F)cc1. The van der Waals surface area contributed by atoms with Gasteiger partial charge in [0.15, 0.2) is 0 Å². The van der Waals surface area contributed by atoms with E-state index in [0.717, 1.165) is 17.7 Å². The van der Waals surface area contributed by atoms with Crippen LogP contribution in [0.1, 0.15) is 25.0 Å². The Hall–Kier alpha value is -1.67. The highest BCUT2D eigenvalue weighted by Gasteiger charge is 2.04. The summed E-state index contributed by atoms with van der Waals surface area (Å²) in [7, 11) is 0. The van der Waals surface area contributed by atoms with E-state index >= 15 is 0 Å². The first-order chi connectivity index (χ1) is 9.06. The fraction of sp³-hybridized carbons (Fsp3) is 0.294. The average Bonchev–Trinajstić information content (AvgIpc) is 2.38. The van der Waals surface area contributed by atoms with Crippen LogP contribution in [0.2, 0.25) is 0 Å². The van der Waals surface area contributed by atoms with Crippen molar-refractivity contribution < 1.29 is 4.39 Å². The number of rotatable bonds is 4. The third kappa shape index (κ3) is 3.65. The van der Waals surface area contributed by atoms with Gasteiger partial charge in [0.2, 0.25) is 0 Å². The van der Waals surface area contributed by atoms with E-state index in [2.05, 4.69) is 44.3 Å². The number of aryl methyl sites for hydroxylation is 1. The Balaban J connectivity index is 2.21. The zero-order valence-corrected chi connectivity index (χ0v) is 11.7. The first-order valence-electron chi connectivity index (χ1n) is 6.65. The lowest BCUT2D eigenvalue weighted by Crippen LogP contribution is -2.21. The van der Waals surface area contributed by atoms with Crippen molar-refractivity contribution in [3.63, 3.8) is 0 Å². The molecule has 0 aliphatic rings. The Morgan fingerprint density at radius 1 is 1.05 bits per heavy atom. The molecule has 2 rings (SSSR count). The molecule has 0 atom stereocenters. The fourth-order valence-electron chi connectivity index (χ4n) is 2.11. The van der Waals surface area contributed by atoms with Gasteiger partial charge >= 0.3 is 0 Å². The highest BCUT2D eigenvalue weighted by Crippen LogP contribution is 2.24. The third-order valence-electron chi connectivity index (χ3n) is 3.16. The maximum atomic E-state index is 12.9. The van der Waals surface area contributed by atoms with E-state index in [1.165, 1.54) is 23.3 Å². The number of nitrogens with one attached hydrogen (secondary N) is 1. The number of benzene rings is 2. The van der Waals surface area contributed by atoms with E-state index in [9.17, 15) is 4.39 Å². The van der Waals surface area contributed by atoms with Crippen LogP contribution >= 0.6 is 0 Å². The Bertz CT molecular complexity index is 544. The number of hydrogen-bond acceptors (Lipinski definition) is 1. The van der Waals surface area contributed by atoms with Crippen LogP contribution in [0.4, 0.5) is 4.39 Å². The van der Waals surface area contributed by atoms with Gasteiger partial charge in [-0.25, -0.2) is 4.39 Å². The van der Waals surface area contributed by atoms with E-state index in [0.29, 0.717) is 6.04 Å². The van der Waals surface area contributed by atoms with E-state index < -0.39 is 0 Å². The zero-order chi connectivity index (χ0) is 13.8. The molecule has 0 saturated carbocycles. The van der Waals surface area contributed by atoms with Gasteiger partial charge in [0, 0.05) is 12.6 Å². The Labute approximate surface area is 114 Å². The second-order valence-corrected chi connectivity index (χ2v) is 5.19. The van der Waals surface area contributed by atoms with E-state index in [1.807, 2.05) is 12.1 Å². The molecule has 0 spiro atoms. The monoisotopic (exact) mass is 257 g/mol. The Morgan fingerprint density at radius 3 is 2.32 bits per heavy atom. The molecular weight excluding hydrogens is 237 g/mol. The molecule has 0 fully saturated rings. The van der Waals surface area contributed by atoms with Gasteiger partial charge in [-0.3, -0.25) is 0 Å². The van der Waals surface area contributed by atoms with Crippen LogP contribution in [-0.4, -0.2) is 6.04 Å². The molecule has 0 saturated heterocycles. The van der Waals surface area contributed by atoms with Crippen molar-refractivity contribution in [1.82, 2.24) is 5.32 Å². The van der Waals surface area contributed by atoms with E-state index in [-0.39, 0.29) is 5.82 Å². The molecule has 19 heavy (non-hydrogen) atoms. The van der Waals surface area contributed by atoms with Crippen molar-refractivity contribution >= 4 is 0 Å². The second kappa shape index (κ2) is 5.98. The standard InChI is InChI=1S/C17H20FN/c1-12(2)19-11-14-4-9-17(13(3)10-14)15-5-7-16(18)8-6-15/h4-10,12,19H,11H2,1-3H3. The molecule has 0 heterocycles. The quantitative estimate of drug-likeness (QED) is 0.861. The smallest absolute Gasteiger partial charge is 0.123 e. The van der Waals surface area contributed by atoms with Gasteiger partial charge in [-0.2, -0.15) is 0 Å². The van der Waals surface area contributed by atoms with Crippen LogP contribution in [0.15, 0.2) is 42.5 Å². The zero-order valence-electron chi connectivity index (χ0n) is 11.7. The summed E-state index contributed by atoms with van der Waals surface area (Å²) in [6.07, 6.45) is 0. The maximum Gasteiger partial charge on any atom is 0.123 e. The topological polar surface area (TPSA) is 12.0 Å². The van der Waals surface area contributed by atoms with Crippen LogP contribution in [0.3, 0.4) is 0 Å². The first-order valence-corrected chi connectivity index (χ1v) is 6.65. The first kappa shape index (κ1) is 13.8. The van der Waals surface area contributed by atoms with Crippen molar-refractivity contribution in [3.8, 4) is 11.1 Å². The summed E-state index contributed by atoms with van der Waals surface area (Å²) < 4.78 is 12.9. The molecule has 2 aromatic carbocycles. The highest BCUT2D eigenvalue weighted by molar-refractivity contribution is 5.67. The van der Waals surface area contributed by atoms with Crippen molar-refractivity contribution in [3.05, 3.63) is 59.4 Å². The molecule has 100 valence electrons. The molecule has 0 radical (unpaired) electrons. The van der Waals surface area contributed by atoms with Crippen molar-refractivity contribution in [2.45, 2.75) is 33.4 Å². The Kier molecular flexibility index (Phi) is 4.33. The minimum Gasteiger partial charge on any atom is -0.310 e. The molecule has 0 unspecified atom stereocenters. The Morgan fingerprint density at radius 2 is 1.74 bits per heavy atom. The second-order valence-electron chi connectivity index (χ2n) is 5.19. The molecular formula is C17H20FN. The van der Waals surface area contributed by atoms with Crippen LogP contribution < -0.4 is 5.32 Å². The van der Waals surface area contributed by atoms with Gasteiger partial charge in [0.25, 0.3) is 0 Å². The number of hydrogen-bond donors (Lipinski definition) is 1. The van der Waals surface area contributed by atoms with E-state index in [4.69, 9.17) is 0 Å². The molecule has 2 heteroatoms. The summed E-state index contributed by atoms with van der Waals surface area (Å²) in [6.45, 7) is 7.25. The van der Waals surface area contributed by atoms with Crippen LogP contribution in [0, 0.1) is 12.7 Å². The van der Waals surface area contributed by atoms with Gasteiger partial charge in [0.1, 0.15) is 5.82 Å². The summed E-state index contributed by atoms with van der Waals surface area (Å²) in [5.74, 6) is -0.195. The molecule has 0 aliphatic heterocycles. The molecule has 0 bridgehead atoms. The highest BCUT2D eigenvalue weighted by atomic mass is 19.1. The van der Waals surface area contributed by atoms with E-state index in [1.54, 1.807) is 0 Å². The van der Waals surface area contributed by atoms with Crippen LogP contribution in [0.25, 0.3) is 11.1 Å². The molecule has 1 nitrogen and oxygen atoms in total.